The minimum absolute atomic E-state index is 0.0104. The number of carbonyl (C=O) groups excluding carboxylic acids is 1. The van der Waals surface area contributed by atoms with Gasteiger partial charge in [0.05, 0.1) is 6.61 Å². The lowest BCUT2D eigenvalue weighted by Gasteiger charge is -2.22. The van der Waals surface area contributed by atoms with Gasteiger partial charge < -0.3 is 5.11 Å². The molecule has 0 atom stereocenters. The summed E-state index contributed by atoms with van der Waals surface area (Å²) in [6, 6.07) is 16.7. The van der Waals surface area contributed by atoms with Crippen molar-refractivity contribution >= 4 is 5.78 Å². The van der Waals surface area contributed by atoms with E-state index < -0.39 is 0 Å². The van der Waals surface area contributed by atoms with E-state index in [1.807, 2.05) is 68.4 Å². The molecule has 19 heavy (non-hydrogen) atoms. The van der Waals surface area contributed by atoms with E-state index in [4.69, 9.17) is 0 Å². The Morgan fingerprint density at radius 1 is 1.00 bits per heavy atom. The normalized spacial score (nSPS) is 11.3. The van der Waals surface area contributed by atoms with Crippen molar-refractivity contribution in [3.8, 4) is 0 Å². The molecule has 0 aliphatic rings. The topological polar surface area (TPSA) is 37.3 Å². The Bertz CT molecular complexity index is 571. The number of hydrogen-bond donors (Lipinski definition) is 1. The van der Waals surface area contributed by atoms with Gasteiger partial charge in [0.1, 0.15) is 0 Å². The van der Waals surface area contributed by atoms with Crippen LogP contribution in [0.1, 0.15) is 35.3 Å². The van der Waals surface area contributed by atoms with Gasteiger partial charge in [-0.3, -0.25) is 4.79 Å². The average Bonchev–Trinajstić information content (AvgIpc) is 2.47. The summed E-state index contributed by atoms with van der Waals surface area (Å²) in [6.45, 7) is 3.97. The number of aliphatic hydroxyl groups is 1. The first-order valence-corrected chi connectivity index (χ1v) is 6.36. The lowest BCUT2D eigenvalue weighted by molar-refractivity contribution is 0.103. The molecular weight excluding hydrogens is 236 g/mol. The molecule has 0 heterocycles. The Morgan fingerprint density at radius 3 is 2.26 bits per heavy atom. The van der Waals surface area contributed by atoms with Crippen molar-refractivity contribution in [3.63, 3.8) is 0 Å². The van der Waals surface area contributed by atoms with Gasteiger partial charge in [-0.05, 0) is 11.6 Å². The molecule has 0 aromatic heterocycles. The molecular formula is C17H18O2. The second kappa shape index (κ2) is 5.37. The molecule has 1 N–H and O–H groups in total. The van der Waals surface area contributed by atoms with Gasteiger partial charge in [-0.1, -0.05) is 62.4 Å². The molecule has 0 spiro atoms. The molecule has 0 saturated heterocycles. The Hall–Kier alpha value is -1.93. The summed E-state index contributed by atoms with van der Waals surface area (Å²) in [6.07, 6.45) is 0. The molecule has 2 rings (SSSR count). The summed E-state index contributed by atoms with van der Waals surface area (Å²) in [5.41, 5.74) is 1.97. The number of rotatable bonds is 4. The van der Waals surface area contributed by atoms with Crippen molar-refractivity contribution < 1.29 is 9.90 Å². The van der Waals surface area contributed by atoms with Crippen molar-refractivity contribution in [2.24, 2.45) is 0 Å². The highest BCUT2D eigenvalue weighted by molar-refractivity contribution is 6.09. The average molecular weight is 254 g/mol. The van der Waals surface area contributed by atoms with E-state index in [9.17, 15) is 9.90 Å². The molecule has 0 aliphatic heterocycles. The summed E-state index contributed by atoms with van der Waals surface area (Å²) in [7, 11) is 0. The number of ketones is 1. The van der Waals surface area contributed by atoms with Crippen molar-refractivity contribution in [1.82, 2.24) is 0 Å². The van der Waals surface area contributed by atoms with Crippen LogP contribution in [0.4, 0.5) is 0 Å². The van der Waals surface area contributed by atoms with Crippen LogP contribution in [0.25, 0.3) is 0 Å². The summed E-state index contributed by atoms with van der Waals surface area (Å²) < 4.78 is 0. The highest BCUT2D eigenvalue weighted by Gasteiger charge is 2.20. The van der Waals surface area contributed by atoms with Gasteiger partial charge in [0.2, 0.25) is 0 Å². The third-order valence-electron chi connectivity index (χ3n) is 3.34. The van der Waals surface area contributed by atoms with Crippen LogP contribution in [-0.4, -0.2) is 17.5 Å². The standard InChI is InChI=1S/C17H18O2/c1-17(2,12-18)15-10-6-9-14(11-15)16(19)13-7-4-3-5-8-13/h3-11,18H,12H2,1-2H3. The molecule has 0 amide bonds. The summed E-state index contributed by atoms with van der Waals surface area (Å²) >= 11 is 0. The highest BCUT2D eigenvalue weighted by atomic mass is 16.3. The smallest absolute Gasteiger partial charge is 0.193 e. The zero-order chi connectivity index (χ0) is 13.9. The number of benzene rings is 2. The van der Waals surface area contributed by atoms with Crippen LogP contribution in [0.15, 0.2) is 54.6 Å². The van der Waals surface area contributed by atoms with E-state index in [1.54, 1.807) is 0 Å². The predicted molar refractivity (Wildman–Crippen MR) is 76.4 cm³/mol. The van der Waals surface area contributed by atoms with E-state index in [2.05, 4.69) is 0 Å². The molecule has 0 saturated carbocycles. The number of aliphatic hydroxyl groups excluding tert-OH is 1. The SMILES string of the molecule is CC(C)(CO)c1cccc(C(=O)c2ccccc2)c1. The second-order valence-electron chi connectivity index (χ2n) is 5.32. The first-order chi connectivity index (χ1) is 9.04. The molecule has 98 valence electrons. The fraction of sp³-hybridized carbons (Fsp3) is 0.235. The Balaban J connectivity index is 2.37. The fourth-order valence-corrected chi connectivity index (χ4v) is 1.93. The fourth-order valence-electron chi connectivity index (χ4n) is 1.93. The first kappa shape index (κ1) is 13.5. The van der Waals surface area contributed by atoms with Gasteiger partial charge in [-0.2, -0.15) is 0 Å². The number of carbonyl (C=O) groups is 1. The van der Waals surface area contributed by atoms with Gasteiger partial charge in [0.25, 0.3) is 0 Å². The summed E-state index contributed by atoms with van der Waals surface area (Å²) in [4.78, 5) is 12.4. The summed E-state index contributed by atoms with van der Waals surface area (Å²) in [5.74, 6) is 0.0104. The van der Waals surface area contributed by atoms with E-state index in [0.717, 1.165) is 5.56 Å². The second-order valence-corrected chi connectivity index (χ2v) is 5.32. The third kappa shape index (κ3) is 2.91. The zero-order valence-corrected chi connectivity index (χ0v) is 11.3. The van der Waals surface area contributed by atoms with Crippen LogP contribution >= 0.6 is 0 Å². The van der Waals surface area contributed by atoms with Crippen LogP contribution < -0.4 is 0 Å². The van der Waals surface area contributed by atoms with Crippen molar-refractivity contribution in [2.45, 2.75) is 19.3 Å². The van der Waals surface area contributed by atoms with E-state index in [1.165, 1.54) is 0 Å². The lowest BCUT2D eigenvalue weighted by atomic mass is 9.84. The van der Waals surface area contributed by atoms with Crippen LogP contribution in [0.3, 0.4) is 0 Å². The maximum absolute atomic E-state index is 12.4. The Morgan fingerprint density at radius 2 is 1.63 bits per heavy atom. The molecule has 2 aromatic carbocycles. The van der Waals surface area contributed by atoms with E-state index >= 15 is 0 Å². The minimum Gasteiger partial charge on any atom is -0.395 e. The zero-order valence-electron chi connectivity index (χ0n) is 11.3. The Labute approximate surface area is 113 Å². The maximum atomic E-state index is 12.4. The van der Waals surface area contributed by atoms with Crippen LogP contribution in [0.5, 0.6) is 0 Å². The third-order valence-corrected chi connectivity index (χ3v) is 3.34. The molecule has 2 aromatic rings. The molecule has 0 unspecified atom stereocenters. The van der Waals surface area contributed by atoms with Crippen molar-refractivity contribution in [2.75, 3.05) is 6.61 Å². The van der Waals surface area contributed by atoms with E-state index in [-0.39, 0.29) is 17.8 Å². The van der Waals surface area contributed by atoms with Gasteiger partial charge in [-0.15, -0.1) is 0 Å². The molecule has 0 aliphatic carbocycles. The largest absolute Gasteiger partial charge is 0.395 e. The van der Waals surface area contributed by atoms with Crippen LogP contribution in [0.2, 0.25) is 0 Å². The number of hydrogen-bond acceptors (Lipinski definition) is 2. The van der Waals surface area contributed by atoms with Crippen LogP contribution in [-0.2, 0) is 5.41 Å². The van der Waals surface area contributed by atoms with Gasteiger partial charge in [-0.25, -0.2) is 0 Å². The Kier molecular flexibility index (Phi) is 3.82. The predicted octanol–water partition coefficient (Wildman–Crippen LogP) is 3.19. The minimum atomic E-state index is -0.340. The van der Waals surface area contributed by atoms with Crippen LogP contribution in [0, 0.1) is 0 Å². The van der Waals surface area contributed by atoms with E-state index in [0.29, 0.717) is 11.1 Å². The van der Waals surface area contributed by atoms with Crippen molar-refractivity contribution in [1.29, 1.82) is 0 Å². The molecule has 0 bridgehead atoms. The monoisotopic (exact) mass is 254 g/mol. The molecule has 2 nitrogen and oxygen atoms in total. The lowest BCUT2D eigenvalue weighted by Crippen LogP contribution is -2.22. The van der Waals surface area contributed by atoms with Gasteiger partial charge >= 0.3 is 0 Å². The molecule has 0 fully saturated rings. The highest BCUT2D eigenvalue weighted by Crippen LogP contribution is 2.24. The van der Waals surface area contributed by atoms with Gasteiger partial charge in [0, 0.05) is 16.5 Å². The maximum Gasteiger partial charge on any atom is 0.193 e. The quantitative estimate of drug-likeness (QED) is 0.851. The van der Waals surface area contributed by atoms with Crippen molar-refractivity contribution in [3.05, 3.63) is 71.3 Å². The summed E-state index contributed by atoms with van der Waals surface area (Å²) in [5, 5.41) is 9.41. The first-order valence-electron chi connectivity index (χ1n) is 6.36. The molecule has 0 radical (unpaired) electrons. The van der Waals surface area contributed by atoms with Gasteiger partial charge in [0.15, 0.2) is 5.78 Å². The molecule has 2 heteroatoms.